The Kier molecular flexibility index (Phi) is 4.25. The molecule has 1 amide bonds. The van der Waals surface area contributed by atoms with Crippen LogP contribution in [0.25, 0.3) is 17.1 Å². The topological polar surface area (TPSA) is 107 Å². The molecule has 136 valence electrons. The van der Waals surface area contributed by atoms with E-state index in [0.29, 0.717) is 40.1 Å². The molecule has 0 bridgehead atoms. The fourth-order valence-electron chi connectivity index (χ4n) is 2.68. The molecule has 0 aliphatic carbocycles. The summed E-state index contributed by atoms with van der Waals surface area (Å²) in [5.74, 6) is 1.89. The Hall–Kier alpha value is -3.75. The molecule has 9 heteroatoms. The third-order valence-electron chi connectivity index (χ3n) is 4.00. The van der Waals surface area contributed by atoms with Crippen LogP contribution in [0.4, 0.5) is 0 Å². The summed E-state index contributed by atoms with van der Waals surface area (Å²) in [5.41, 5.74) is 1.76. The van der Waals surface area contributed by atoms with E-state index in [4.69, 9.17) is 9.26 Å². The second kappa shape index (κ2) is 6.87. The Morgan fingerprint density at radius 2 is 2.15 bits per heavy atom. The van der Waals surface area contributed by atoms with Gasteiger partial charge < -0.3 is 14.6 Å². The Morgan fingerprint density at radius 3 is 2.93 bits per heavy atom. The van der Waals surface area contributed by atoms with Crippen LogP contribution in [0.2, 0.25) is 0 Å². The zero-order valence-corrected chi connectivity index (χ0v) is 14.7. The number of nitrogens with zero attached hydrogens (tertiary/aromatic N) is 5. The molecule has 0 saturated carbocycles. The number of aromatic nitrogens is 5. The number of aryl methyl sites for hydroxylation is 1. The van der Waals surface area contributed by atoms with Gasteiger partial charge in [-0.15, -0.1) is 10.2 Å². The van der Waals surface area contributed by atoms with Crippen molar-refractivity contribution in [2.24, 2.45) is 0 Å². The van der Waals surface area contributed by atoms with Crippen molar-refractivity contribution in [3.05, 3.63) is 59.8 Å². The molecule has 0 spiro atoms. The van der Waals surface area contributed by atoms with E-state index in [-0.39, 0.29) is 12.5 Å². The second-order valence-corrected chi connectivity index (χ2v) is 5.79. The van der Waals surface area contributed by atoms with Gasteiger partial charge in [-0.3, -0.25) is 9.20 Å². The lowest BCUT2D eigenvalue weighted by atomic mass is 10.2. The van der Waals surface area contributed by atoms with E-state index >= 15 is 0 Å². The Bertz CT molecular complexity index is 1120. The normalized spacial score (nSPS) is 10.9. The minimum absolute atomic E-state index is 0.212. The smallest absolute Gasteiger partial charge is 0.261 e. The number of carbonyl (C=O) groups is 1. The molecule has 0 unspecified atom stereocenters. The zero-order chi connectivity index (χ0) is 18.8. The fourth-order valence-corrected chi connectivity index (χ4v) is 2.68. The lowest BCUT2D eigenvalue weighted by Gasteiger charge is -2.06. The summed E-state index contributed by atoms with van der Waals surface area (Å²) < 4.78 is 12.1. The first-order chi connectivity index (χ1) is 13.2. The highest BCUT2D eigenvalue weighted by molar-refractivity contribution is 5.94. The van der Waals surface area contributed by atoms with E-state index in [1.54, 1.807) is 42.7 Å². The summed E-state index contributed by atoms with van der Waals surface area (Å²) in [7, 11) is 1.56. The molecule has 4 rings (SSSR count). The molecule has 0 aliphatic rings. The average molecular weight is 364 g/mol. The van der Waals surface area contributed by atoms with E-state index in [0.717, 1.165) is 0 Å². The molecule has 3 aromatic heterocycles. The summed E-state index contributed by atoms with van der Waals surface area (Å²) in [6, 6.07) is 10.6. The van der Waals surface area contributed by atoms with E-state index in [1.807, 2.05) is 18.3 Å². The SMILES string of the molecule is COc1cccc(C(=O)NCc2nnc3c(-c4nc(C)no4)cccn23)c1. The predicted molar refractivity (Wildman–Crippen MR) is 95.2 cm³/mol. The Labute approximate surface area is 154 Å². The Balaban J connectivity index is 1.57. The van der Waals surface area contributed by atoms with Crippen molar-refractivity contribution >= 4 is 11.6 Å². The van der Waals surface area contributed by atoms with Gasteiger partial charge >= 0.3 is 0 Å². The molecule has 9 nitrogen and oxygen atoms in total. The van der Waals surface area contributed by atoms with Crippen LogP contribution in [0.15, 0.2) is 47.1 Å². The minimum Gasteiger partial charge on any atom is -0.497 e. The third-order valence-corrected chi connectivity index (χ3v) is 4.00. The van der Waals surface area contributed by atoms with Crippen molar-refractivity contribution in [1.82, 2.24) is 30.1 Å². The number of methoxy groups -OCH3 is 1. The van der Waals surface area contributed by atoms with Crippen molar-refractivity contribution in [3.8, 4) is 17.2 Å². The number of hydrogen-bond acceptors (Lipinski definition) is 7. The number of carbonyl (C=O) groups excluding carboxylic acids is 1. The lowest BCUT2D eigenvalue weighted by Crippen LogP contribution is -2.24. The average Bonchev–Trinajstić information content (AvgIpc) is 3.32. The van der Waals surface area contributed by atoms with Gasteiger partial charge in [0.2, 0.25) is 0 Å². The van der Waals surface area contributed by atoms with Crippen molar-refractivity contribution in [1.29, 1.82) is 0 Å². The van der Waals surface area contributed by atoms with Gasteiger partial charge in [0, 0.05) is 11.8 Å². The maximum absolute atomic E-state index is 12.4. The highest BCUT2D eigenvalue weighted by Gasteiger charge is 2.16. The molecule has 1 aromatic carbocycles. The van der Waals surface area contributed by atoms with Crippen LogP contribution in [0.5, 0.6) is 5.75 Å². The Morgan fingerprint density at radius 1 is 1.26 bits per heavy atom. The number of nitrogens with one attached hydrogen (secondary N) is 1. The van der Waals surface area contributed by atoms with Gasteiger partial charge in [-0.25, -0.2) is 0 Å². The van der Waals surface area contributed by atoms with Crippen molar-refractivity contribution in [3.63, 3.8) is 0 Å². The first-order valence-corrected chi connectivity index (χ1v) is 8.21. The van der Waals surface area contributed by atoms with Crippen LogP contribution < -0.4 is 10.1 Å². The van der Waals surface area contributed by atoms with Gasteiger partial charge in [-0.1, -0.05) is 11.2 Å². The number of fused-ring (bicyclic) bond motifs is 1. The fraction of sp³-hybridized carbons (Fsp3) is 0.167. The van der Waals surface area contributed by atoms with Crippen LogP contribution in [0.3, 0.4) is 0 Å². The standard InChI is InChI=1S/C18H16N6O3/c1-11-20-18(27-23-11)14-7-4-8-24-15(21-22-16(14)24)10-19-17(25)12-5-3-6-13(9-12)26-2/h3-9H,10H2,1-2H3,(H,19,25). The molecule has 0 radical (unpaired) electrons. The zero-order valence-electron chi connectivity index (χ0n) is 14.7. The molecule has 3 heterocycles. The van der Waals surface area contributed by atoms with Crippen molar-refractivity contribution in [2.45, 2.75) is 13.5 Å². The summed E-state index contributed by atoms with van der Waals surface area (Å²) in [4.78, 5) is 16.6. The number of amides is 1. The summed E-state index contributed by atoms with van der Waals surface area (Å²) >= 11 is 0. The highest BCUT2D eigenvalue weighted by atomic mass is 16.5. The maximum Gasteiger partial charge on any atom is 0.261 e. The van der Waals surface area contributed by atoms with Gasteiger partial charge in [0.15, 0.2) is 17.3 Å². The predicted octanol–water partition coefficient (Wildman–Crippen LogP) is 2.03. The molecule has 4 aromatic rings. The van der Waals surface area contributed by atoms with Crippen LogP contribution in [0.1, 0.15) is 22.0 Å². The first kappa shape index (κ1) is 16.7. The maximum atomic E-state index is 12.4. The molecule has 0 atom stereocenters. The number of benzene rings is 1. The van der Waals surface area contributed by atoms with Crippen LogP contribution >= 0.6 is 0 Å². The molecular weight excluding hydrogens is 348 g/mol. The molecule has 27 heavy (non-hydrogen) atoms. The first-order valence-electron chi connectivity index (χ1n) is 8.21. The van der Waals surface area contributed by atoms with Crippen molar-refractivity contribution in [2.75, 3.05) is 7.11 Å². The van der Waals surface area contributed by atoms with Gasteiger partial charge in [0.1, 0.15) is 5.75 Å². The van der Waals surface area contributed by atoms with Crippen molar-refractivity contribution < 1.29 is 14.1 Å². The van der Waals surface area contributed by atoms with Gasteiger partial charge in [0.25, 0.3) is 11.8 Å². The quantitative estimate of drug-likeness (QED) is 0.577. The summed E-state index contributed by atoms with van der Waals surface area (Å²) in [5, 5.41) is 15.0. The van der Waals surface area contributed by atoms with Crippen LogP contribution in [0, 0.1) is 6.92 Å². The van der Waals surface area contributed by atoms with Crippen LogP contribution in [-0.4, -0.2) is 37.8 Å². The van der Waals surface area contributed by atoms with E-state index in [9.17, 15) is 4.79 Å². The second-order valence-electron chi connectivity index (χ2n) is 5.79. The number of ether oxygens (including phenoxy) is 1. The van der Waals surface area contributed by atoms with Gasteiger partial charge in [0.05, 0.1) is 19.2 Å². The van der Waals surface area contributed by atoms with E-state index in [1.165, 1.54) is 0 Å². The number of pyridine rings is 1. The number of hydrogen-bond donors (Lipinski definition) is 1. The van der Waals surface area contributed by atoms with E-state index < -0.39 is 0 Å². The number of rotatable bonds is 5. The molecule has 0 saturated heterocycles. The molecule has 0 aliphatic heterocycles. The monoisotopic (exact) mass is 364 g/mol. The summed E-state index contributed by atoms with van der Waals surface area (Å²) in [6.45, 7) is 1.96. The molecule has 0 fully saturated rings. The van der Waals surface area contributed by atoms with E-state index in [2.05, 4.69) is 25.7 Å². The van der Waals surface area contributed by atoms with Crippen LogP contribution in [-0.2, 0) is 6.54 Å². The largest absolute Gasteiger partial charge is 0.497 e. The third kappa shape index (κ3) is 3.22. The van der Waals surface area contributed by atoms with Gasteiger partial charge in [-0.2, -0.15) is 4.98 Å². The lowest BCUT2D eigenvalue weighted by molar-refractivity contribution is 0.0949. The van der Waals surface area contributed by atoms with Gasteiger partial charge in [-0.05, 0) is 37.3 Å². The summed E-state index contributed by atoms with van der Waals surface area (Å²) in [6.07, 6.45) is 1.81. The molecule has 1 N–H and O–H groups in total. The molecular formula is C18H16N6O3. The minimum atomic E-state index is -0.227. The highest BCUT2D eigenvalue weighted by Crippen LogP contribution is 2.22.